The number of hydrogen-bond acceptors (Lipinski definition) is 4. The molecule has 112 valence electrons. The van der Waals surface area contributed by atoms with Crippen LogP contribution in [0.5, 0.6) is 11.8 Å². The summed E-state index contributed by atoms with van der Waals surface area (Å²) in [4.78, 5) is 7.96. The molecule has 0 aliphatic rings. The minimum absolute atomic E-state index is 0.0212. The van der Waals surface area contributed by atoms with Gasteiger partial charge in [0, 0.05) is 30.6 Å². The van der Waals surface area contributed by atoms with E-state index < -0.39 is 11.6 Å². The molecule has 1 heterocycles. The van der Waals surface area contributed by atoms with Crippen LogP contribution in [0.1, 0.15) is 19.4 Å². The molecule has 4 nitrogen and oxygen atoms in total. The Morgan fingerprint density at radius 1 is 1.19 bits per heavy atom. The zero-order chi connectivity index (χ0) is 15.2. The first-order chi connectivity index (χ1) is 10.0. The summed E-state index contributed by atoms with van der Waals surface area (Å²) in [7, 11) is 0. The maximum Gasteiger partial charge on any atom is 0.321 e. The molecule has 1 aromatic heterocycles. The Kier molecular flexibility index (Phi) is 5.16. The van der Waals surface area contributed by atoms with E-state index in [9.17, 15) is 8.78 Å². The van der Waals surface area contributed by atoms with Crippen molar-refractivity contribution in [3.05, 3.63) is 47.8 Å². The fourth-order valence-corrected chi connectivity index (χ4v) is 1.65. The highest BCUT2D eigenvalue weighted by atomic mass is 19.1. The van der Waals surface area contributed by atoms with Crippen LogP contribution in [0.25, 0.3) is 0 Å². The molecule has 0 fully saturated rings. The summed E-state index contributed by atoms with van der Waals surface area (Å²) in [5, 5.41) is 3.26. The molecule has 0 aliphatic carbocycles. The number of benzene rings is 1. The Balaban J connectivity index is 1.97. The highest BCUT2D eigenvalue weighted by Gasteiger charge is 2.08. The van der Waals surface area contributed by atoms with E-state index in [0.717, 1.165) is 30.3 Å². The maximum atomic E-state index is 13.4. The topological polar surface area (TPSA) is 47.0 Å². The van der Waals surface area contributed by atoms with Gasteiger partial charge in [0.15, 0.2) is 11.6 Å². The van der Waals surface area contributed by atoms with Crippen molar-refractivity contribution in [2.45, 2.75) is 20.4 Å². The lowest BCUT2D eigenvalue weighted by molar-refractivity contribution is 0.406. The van der Waals surface area contributed by atoms with Crippen LogP contribution >= 0.6 is 0 Å². The van der Waals surface area contributed by atoms with Gasteiger partial charge in [-0.05, 0) is 24.6 Å². The van der Waals surface area contributed by atoms with Crippen molar-refractivity contribution in [1.82, 2.24) is 15.3 Å². The van der Waals surface area contributed by atoms with E-state index in [1.165, 1.54) is 0 Å². The van der Waals surface area contributed by atoms with Crippen LogP contribution in [0.3, 0.4) is 0 Å². The summed E-state index contributed by atoms with van der Waals surface area (Å²) in [6, 6.07) is 2.95. The third kappa shape index (κ3) is 4.75. The Bertz CT molecular complexity index is 588. The first-order valence-electron chi connectivity index (χ1n) is 6.69. The Morgan fingerprint density at radius 3 is 2.57 bits per heavy atom. The minimum atomic E-state index is -0.664. The number of hydrogen-bond donors (Lipinski definition) is 1. The molecule has 0 unspecified atom stereocenters. The molecule has 0 bridgehead atoms. The van der Waals surface area contributed by atoms with Crippen LogP contribution in [0, 0.1) is 17.6 Å². The molecule has 0 saturated heterocycles. The third-order valence-corrected chi connectivity index (χ3v) is 2.66. The second-order valence-electron chi connectivity index (χ2n) is 5.08. The molecule has 0 spiro atoms. The molecule has 0 aliphatic heterocycles. The highest BCUT2D eigenvalue weighted by Crippen LogP contribution is 2.22. The molecular weight excluding hydrogens is 276 g/mol. The normalized spacial score (nSPS) is 10.9. The second kappa shape index (κ2) is 7.08. The van der Waals surface area contributed by atoms with E-state index in [2.05, 4.69) is 29.1 Å². The lowest BCUT2D eigenvalue weighted by atomic mass is 10.2. The SMILES string of the molecule is CC(C)CNCc1cnc(Oc2cc(F)ccc2F)nc1. The van der Waals surface area contributed by atoms with Gasteiger partial charge >= 0.3 is 6.01 Å². The van der Waals surface area contributed by atoms with Crippen molar-refractivity contribution < 1.29 is 13.5 Å². The smallest absolute Gasteiger partial charge is 0.321 e. The van der Waals surface area contributed by atoms with Gasteiger partial charge in [0.25, 0.3) is 0 Å². The fourth-order valence-electron chi connectivity index (χ4n) is 1.65. The number of nitrogens with zero attached hydrogens (tertiary/aromatic N) is 2. The summed E-state index contributed by atoms with van der Waals surface area (Å²) in [5.74, 6) is -0.922. The van der Waals surface area contributed by atoms with Crippen molar-refractivity contribution in [3.63, 3.8) is 0 Å². The van der Waals surface area contributed by atoms with Gasteiger partial charge in [0.1, 0.15) is 5.82 Å². The Hall–Kier alpha value is -2.08. The van der Waals surface area contributed by atoms with E-state index in [1.807, 2.05) is 0 Å². The van der Waals surface area contributed by atoms with Crippen molar-refractivity contribution in [2.75, 3.05) is 6.54 Å². The maximum absolute atomic E-state index is 13.4. The summed E-state index contributed by atoms with van der Waals surface area (Å²) in [6.45, 7) is 5.78. The first-order valence-corrected chi connectivity index (χ1v) is 6.69. The van der Waals surface area contributed by atoms with Crippen molar-refractivity contribution >= 4 is 0 Å². The van der Waals surface area contributed by atoms with Crippen LogP contribution in [-0.2, 0) is 6.54 Å². The van der Waals surface area contributed by atoms with Crippen LogP contribution in [-0.4, -0.2) is 16.5 Å². The van der Waals surface area contributed by atoms with Gasteiger partial charge < -0.3 is 10.1 Å². The largest absolute Gasteiger partial charge is 0.421 e. The van der Waals surface area contributed by atoms with E-state index in [1.54, 1.807) is 12.4 Å². The van der Waals surface area contributed by atoms with Crippen LogP contribution < -0.4 is 10.1 Å². The molecule has 1 aromatic carbocycles. The van der Waals surface area contributed by atoms with E-state index in [0.29, 0.717) is 12.5 Å². The molecule has 2 rings (SSSR count). The number of nitrogens with one attached hydrogen (secondary N) is 1. The number of halogens is 2. The quantitative estimate of drug-likeness (QED) is 0.887. The van der Waals surface area contributed by atoms with Crippen LogP contribution in [0.2, 0.25) is 0 Å². The number of rotatable bonds is 6. The molecular formula is C15H17F2N3O. The van der Waals surface area contributed by atoms with Gasteiger partial charge in [-0.1, -0.05) is 13.8 Å². The number of aromatic nitrogens is 2. The van der Waals surface area contributed by atoms with Crippen molar-refractivity contribution in [3.8, 4) is 11.8 Å². The first kappa shape index (κ1) is 15.3. The molecule has 6 heteroatoms. The van der Waals surface area contributed by atoms with Crippen LogP contribution in [0.15, 0.2) is 30.6 Å². The standard InChI is InChI=1S/C15H17F2N3O/c1-10(2)6-18-7-11-8-19-15(20-9-11)21-14-5-12(16)3-4-13(14)17/h3-5,8-10,18H,6-7H2,1-2H3. The molecule has 2 aromatic rings. The van der Waals surface area contributed by atoms with Gasteiger partial charge in [-0.15, -0.1) is 0 Å². The molecule has 1 N–H and O–H groups in total. The lowest BCUT2D eigenvalue weighted by Gasteiger charge is -2.08. The summed E-state index contributed by atoms with van der Waals surface area (Å²) in [6.07, 6.45) is 3.18. The van der Waals surface area contributed by atoms with Crippen LogP contribution in [0.4, 0.5) is 8.78 Å². The molecule has 21 heavy (non-hydrogen) atoms. The van der Waals surface area contributed by atoms with Gasteiger partial charge in [-0.25, -0.2) is 18.7 Å². The lowest BCUT2D eigenvalue weighted by Crippen LogP contribution is -2.19. The fraction of sp³-hybridized carbons (Fsp3) is 0.333. The van der Waals surface area contributed by atoms with Crippen molar-refractivity contribution in [1.29, 1.82) is 0 Å². The molecule has 0 atom stereocenters. The summed E-state index contributed by atoms with van der Waals surface area (Å²) < 4.78 is 31.6. The minimum Gasteiger partial charge on any atom is -0.421 e. The monoisotopic (exact) mass is 293 g/mol. The van der Waals surface area contributed by atoms with Gasteiger partial charge in [-0.3, -0.25) is 0 Å². The molecule has 0 saturated carbocycles. The average molecular weight is 293 g/mol. The van der Waals surface area contributed by atoms with E-state index >= 15 is 0 Å². The average Bonchev–Trinajstić information content (AvgIpc) is 2.44. The van der Waals surface area contributed by atoms with E-state index in [-0.39, 0.29) is 11.8 Å². The van der Waals surface area contributed by atoms with Gasteiger partial charge in [0.2, 0.25) is 0 Å². The number of ether oxygens (including phenoxy) is 1. The summed E-state index contributed by atoms with van der Waals surface area (Å²) in [5.41, 5.74) is 0.891. The zero-order valence-corrected chi connectivity index (χ0v) is 11.9. The summed E-state index contributed by atoms with van der Waals surface area (Å²) >= 11 is 0. The van der Waals surface area contributed by atoms with E-state index in [4.69, 9.17) is 4.74 Å². The molecule has 0 radical (unpaired) electrons. The Labute approximate surface area is 122 Å². The second-order valence-corrected chi connectivity index (χ2v) is 5.08. The molecule has 0 amide bonds. The zero-order valence-electron chi connectivity index (χ0n) is 11.9. The Morgan fingerprint density at radius 2 is 1.90 bits per heavy atom. The predicted octanol–water partition coefficient (Wildman–Crippen LogP) is 3.29. The predicted molar refractivity (Wildman–Crippen MR) is 75.0 cm³/mol. The third-order valence-electron chi connectivity index (χ3n) is 2.66. The van der Waals surface area contributed by atoms with Crippen molar-refractivity contribution in [2.24, 2.45) is 5.92 Å². The van der Waals surface area contributed by atoms with Gasteiger partial charge in [-0.2, -0.15) is 0 Å². The van der Waals surface area contributed by atoms with Gasteiger partial charge in [0.05, 0.1) is 0 Å². The highest BCUT2D eigenvalue weighted by molar-refractivity contribution is 5.27.